The molecule has 6 heteroatoms. The van der Waals surface area contributed by atoms with Gasteiger partial charge < -0.3 is 4.74 Å². The molecule has 0 unspecified atom stereocenters. The molecule has 2 heterocycles. The summed E-state index contributed by atoms with van der Waals surface area (Å²) in [7, 11) is 0. The van der Waals surface area contributed by atoms with E-state index in [4.69, 9.17) is 4.74 Å². The number of rotatable bonds is 4. The van der Waals surface area contributed by atoms with Gasteiger partial charge in [0.25, 0.3) is 0 Å². The lowest BCUT2D eigenvalue weighted by Gasteiger charge is -2.28. The van der Waals surface area contributed by atoms with Crippen molar-refractivity contribution in [2.45, 2.75) is 39.7 Å². The molecule has 1 saturated heterocycles. The Morgan fingerprint density at radius 2 is 2.26 bits per heavy atom. The fraction of sp³-hybridized carbons (Fsp3) is 0.615. The minimum atomic E-state index is -0.356. The summed E-state index contributed by atoms with van der Waals surface area (Å²) in [5.41, 5.74) is 1.21. The van der Waals surface area contributed by atoms with Crippen LogP contribution in [0.2, 0.25) is 0 Å². The van der Waals surface area contributed by atoms with Crippen molar-refractivity contribution < 1.29 is 14.3 Å². The zero-order chi connectivity index (χ0) is 14.0. The molecule has 19 heavy (non-hydrogen) atoms. The number of amides is 1. The van der Waals surface area contributed by atoms with Crippen LogP contribution in [0.15, 0.2) is 16.3 Å². The summed E-state index contributed by atoms with van der Waals surface area (Å²) >= 11 is 1.43. The highest BCUT2D eigenvalue weighted by atomic mass is 32.2. The van der Waals surface area contributed by atoms with Crippen molar-refractivity contribution in [1.29, 1.82) is 0 Å². The van der Waals surface area contributed by atoms with E-state index in [1.165, 1.54) is 11.8 Å². The average molecular weight is 282 g/mol. The summed E-state index contributed by atoms with van der Waals surface area (Å²) in [6, 6.07) is -0.186. The lowest BCUT2D eigenvalue weighted by molar-refractivity contribution is -0.139. The molecule has 1 atom stereocenters. The van der Waals surface area contributed by atoms with Gasteiger partial charge in [0.1, 0.15) is 0 Å². The number of esters is 1. The van der Waals surface area contributed by atoms with E-state index in [2.05, 4.69) is 11.9 Å². The molecule has 5 nitrogen and oxygen atoms in total. The van der Waals surface area contributed by atoms with Crippen molar-refractivity contribution in [2.75, 3.05) is 12.4 Å². The maximum absolute atomic E-state index is 12.1. The maximum atomic E-state index is 12.1. The molecule has 0 saturated carbocycles. The number of nitrogens with zero attached hydrogens (tertiary/aromatic N) is 2. The summed E-state index contributed by atoms with van der Waals surface area (Å²) in [5.74, 6) is 0.0226. The van der Waals surface area contributed by atoms with E-state index >= 15 is 0 Å². The number of fused-ring (bicyclic) bond motifs is 1. The monoisotopic (exact) mass is 282 g/mol. The van der Waals surface area contributed by atoms with E-state index < -0.39 is 0 Å². The van der Waals surface area contributed by atoms with Crippen LogP contribution in [-0.4, -0.2) is 40.3 Å². The van der Waals surface area contributed by atoms with Crippen LogP contribution in [0.4, 0.5) is 0 Å². The van der Waals surface area contributed by atoms with Gasteiger partial charge in [-0.05, 0) is 20.3 Å². The number of carbonyl (C=O) groups excluding carboxylic acids is 2. The average Bonchev–Trinajstić information content (AvgIpc) is 2.72. The molecule has 104 valence electrons. The molecule has 0 radical (unpaired) electrons. The SMILES string of the molecule is CCC[C@H]1N=C2SCC(=O)N2C(C)=C1C(=O)OCC. The minimum Gasteiger partial charge on any atom is -0.463 e. The Bertz CT molecular complexity index is 471. The Balaban J connectivity index is 2.39. The van der Waals surface area contributed by atoms with Crippen molar-refractivity contribution in [3.05, 3.63) is 11.3 Å². The van der Waals surface area contributed by atoms with E-state index in [1.54, 1.807) is 18.7 Å². The summed E-state index contributed by atoms with van der Waals surface area (Å²) < 4.78 is 5.10. The first-order valence-corrected chi connectivity index (χ1v) is 7.50. The Kier molecular flexibility index (Phi) is 4.29. The fourth-order valence-electron chi connectivity index (χ4n) is 2.32. The van der Waals surface area contributed by atoms with Crippen molar-refractivity contribution in [3.63, 3.8) is 0 Å². The number of amidine groups is 1. The number of hydrogen-bond donors (Lipinski definition) is 0. The van der Waals surface area contributed by atoms with Gasteiger partial charge in [-0.1, -0.05) is 25.1 Å². The summed E-state index contributed by atoms with van der Waals surface area (Å²) in [4.78, 5) is 30.0. The van der Waals surface area contributed by atoms with Crippen LogP contribution < -0.4 is 0 Å². The highest BCUT2D eigenvalue weighted by molar-refractivity contribution is 8.15. The highest BCUT2D eigenvalue weighted by Gasteiger charge is 2.39. The lowest BCUT2D eigenvalue weighted by Crippen LogP contribution is -2.37. The second-order valence-corrected chi connectivity index (χ2v) is 5.40. The molecular weight excluding hydrogens is 264 g/mol. The number of aliphatic imine (C=N–C) groups is 1. The summed E-state index contributed by atoms with van der Waals surface area (Å²) in [6.45, 7) is 5.95. The molecule has 0 aromatic carbocycles. The van der Waals surface area contributed by atoms with E-state index in [1.807, 2.05) is 0 Å². The zero-order valence-corrected chi connectivity index (χ0v) is 12.2. The molecule has 2 aliphatic rings. The number of hydrogen-bond acceptors (Lipinski definition) is 5. The number of ether oxygens (including phenoxy) is 1. The first-order chi connectivity index (χ1) is 9.10. The van der Waals surface area contributed by atoms with Crippen molar-refractivity contribution in [3.8, 4) is 0 Å². The molecule has 0 aromatic heterocycles. The maximum Gasteiger partial charge on any atom is 0.337 e. The Labute approximate surface area is 117 Å². The normalized spacial score (nSPS) is 22.5. The first-order valence-electron chi connectivity index (χ1n) is 6.51. The van der Waals surface area contributed by atoms with Crippen LogP contribution in [0, 0.1) is 0 Å². The largest absolute Gasteiger partial charge is 0.463 e. The number of carbonyl (C=O) groups is 2. The van der Waals surface area contributed by atoms with Crippen LogP contribution in [0.3, 0.4) is 0 Å². The van der Waals surface area contributed by atoms with Gasteiger partial charge in [-0.3, -0.25) is 14.7 Å². The predicted octanol–water partition coefficient (Wildman–Crippen LogP) is 1.94. The van der Waals surface area contributed by atoms with Crippen LogP contribution in [0.1, 0.15) is 33.6 Å². The molecular formula is C13H18N2O3S. The second-order valence-electron chi connectivity index (χ2n) is 4.45. The minimum absolute atomic E-state index is 0.0157. The van der Waals surface area contributed by atoms with E-state index in [-0.39, 0.29) is 17.9 Å². The fourth-order valence-corrected chi connectivity index (χ4v) is 3.27. The Morgan fingerprint density at radius 1 is 1.53 bits per heavy atom. The van der Waals surface area contributed by atoms with Gasteiger partial charge in [0, 0.05) is 5.70 Å². The van der Waals surface area contributed by atoms with E-state index in [0.717, 1.165) is 12.8 Å². The highest BCUT2D eigenvalue weighted by Crippen LogP contribution is 2.33. The molecule has 1 fully saturated rings. The second kappa shape index (κ2) is 5.77. The van der Waals surface area contributed by atoms with Gasteiger partial charge in [-0.15, -0.1) is 0 Å². The third-order valence-corrected chi connectivity index (χ3v) is 4.09. The van der Waals surface area contributed by atoms with Crippen molar-refractivity contribution in [1.82, 2.24) is 4.90 Å². The predicted molar refractivity (Wildman–Crippen MR) is 74.8 cm³/mol. The van der Waals surface area contributed by atoms with Crippen molar-refractivity contribution >= 4 is 28.8 Å². The molecule has 2 aliphatic heterocycles. The van der Waals surface area contributed by atoms with Gasteiger partial charge in [-0.25, -0.2) is 4.79 Å². The van der Waals surface area contributed by atoms with Gasteiger partial charge >= 0.3 is 5.97 Å². The summed E-state index contributed by atoms with van der Waals surface area (Å²) in [5, 5.41) is 0.717. The molecule has 2 rings (SSSR count). The van der Waals surface area contributed by atoms with Crippen LogP contribution in [-0.2, 0) is 14.3 Å². The lowest BCUT2D eigenvalue weighted by atomic mass is 9.99. The molecule has 0 spiro atoms. The third-order valence-electron chi connectivity index (χ3n) is 3.15. The van der Waals surface area contributed by atoms with Crippen LogP contribution in [0.5, 0.6) is 0 Å². The van der Waals surface area contributed by atoms with Crippen molar-refractivity contribution in [2.24, 2.45) is 4.99 Å². The first kappa shape index (κ1) is 14.1. The standard InChI is InChI=1S/C13H18N2O3S/c1-4-6-9-11(12(17)18-5-2)8(3)15-10(16)7-19-13(15)14-9/h9H,4-7H2,1-3H3/t9-/m1/s1. The van der Waals surface area contributed by atoms with Gasteiger partial charge in [0.15, 0.2) is 5.17 Å². The van der Waals surface area contributed by atoms with E-state index in [0.29, 0.717) is 28.8 Å². The van der Waals surface area contributed by atoms with Gasteiger partial charge in [0.2, 0.25) is 5.91 Å². The Hall–Kier alpha value is -1.30. The smallest absolute Gasteiger partial charge is 0.337 e. The van der Waals surface area contributed by atoms with Gasteiger partial charge in [0.05, 0.1) is 24.0 Å². The molecule has 0 aliphatic carbocycles. The quantitative estimate of drug-likeness (QED) is 0.739. The van der Waals surface area contributed by atoms with Crippen LogP contribution >= 0.6 is 11.8 Å². The molecule has 0 bridgehead atoms. The Morgan fingerprint density at radius 3 is 2.89 bits per heavy atom. The summed E-state index contributed by atoms with van der Waals surface area (Å²) in [6.07, 6.45) is 1.72. The van der Waals surface area contributed by atoms with Crippen LogP contribution in [0.25, 0.3) is 0 Å². The van der Waals surface area contributed by atoms with Gasteiger partial charge in [-0.2, -0.15) is 0 Å². The molecule has 1 amide bonds. The van der Waals surface area contributed by atoms with E-state index in [9.17, 15) is 9.59 Å². The third kappa shape index (κ3) is 2.54. The number of thioether (sulfide) groups is 1. The molecule has 0 N–H and O–H groups in total. The molecule has 0 aromatic rings. The topological polar surface area (TPSA) is 59.0 Å². The zero-order valence-electron chi connectivity index (χ0n) is 11.4. The number of allylic oxidation sites excluding steroid dienone is 1.